The number of carbonyl (C=O) groups excluding carboxylic acids is 3. The van der Waals surface area contributed by atoms with E-state index in [0.29, 0.717) is 24.5 Å². The lowest BCUT2D eigenvalue weighted by Crippen LogP contribution is -2.32. The Kier molecular flexibility index (Phi) is 29.1. The number of aromatic nitrogens is 7. The van der Waals surface area contributed by atoms with Gasteiger partial charge in [-0.15, -0.1) is 0 Å². The fourth-order valence-electron chi connectivity index (χ4n) is 11.1. The van der Waals surface area contributed by atoms with E-state index in [1.165, 1.54) is 79.3 Å². The number of aliphatic imine (C=N–C) groups is 2. The first kappa shape index (κ1) is 67.8. The Hall–Kier alpha value is -9.16. The molecular formula is C74H88N14O3. The molecular weight excluding hydrogens is 1130 g/mol. The van der Waals surface area contributed by atoms with Crippen LogP contribution in [0.1, 0.15) is 165 Å². The van der Waals surface area contributed by atoms with Gasteiger partial charge >= 0.3 is 0 Å². The first-order valence-corrected chi connectivity index (χ1v) is 32.1. The van der Waals surface area contributed by atoms with Gasteiger partial charge < -0.3 is 25.8 Å². The molecule has 472 valence electrons. The minimum absolute atomic E-state index is 0.0196. The molecule has 0 aromatic carbocycles. The largest absolute Gasteiger partial charge is 0.335 e. The monoisotopic (exact) mass is 1220 g/mol. The summed E-state index contributed by atoms with van der Waals surface area (Å²) >= 11 is 0. The standard InChI is InChI=1S/C11H12N2O.C11H16N2.3C11H14N2.C10H10N2O.C9H8N2O/c1-13-10(5-2-6-11(13)14)9-4-3-7-12-8-9;4*1-2-6-11(13-8-3-1)10-5-4-7-12-9-10;1-12-9(4-5-10(12)13)8-3-2-6-11-7-8;12-9-4-3-8(11-9)7-2-1-5-10-6-7/h2-4,6-8,10H,5H2,1H3;4-5,7,9,11,13H,1-3,6,8H2;4-5,7,9H,1-3,6,8H2;1,3-5,7,9,11,13H,2,6,8H2;1-2,4-5,7,9,11,13H,3,6,8H2;2-7,9H,1H3;1-2,5-6H,3-4H2. The second kappa shape index (κ2) is 39.1. The molecule has 0 saturated carbocycles. The number of carbonyl (C=O) groups is 3. The zero-order valence-electron chi connectivity index (χ0n) is 52.8. The Balaban J connectivity index is 0.000000137. The zero-order chi connectivity index (χ0) is 63.3. The molecule has 0 radical (unpaired) electrons. The summed E-state index contributed by atoms with van der Waals surface area (Å²) in [7, 11) is 3.61. The average Bonchev–Trinajstić information content (AvgIpc) is 4.02. The van der Waals surface area contributed by atoms with Gasteiger partial charge in [-0.3, -0.25) is 54.3 Å². The Labute approximate surface area is 537 Å². The van der Waals surface area contributed by atoms with Gasteiger partial charge in [0.25, 0.3) is 0 Å². The van der Waals surface area contributed by atoms with E-state index in [1.54, 1.807) is 66.2 Å². The van der Waals surface area contributed by atoms with Crippen LogP contribution in [-0.4, -0.2) is 114 Å². The molecule has 14 rings (SSSR count). The number of hydrogen-bond acceptors (Lipinski definition) is 14. The van der Waals surface area contributed by atoms with Crippen LogP contribution in [0.5, 0.6) is 0 Å². The summed E-state index contributed by atoms with van der Waals surface area (Å²) in [6.45, 7) is 4.18. The molecule has 3 amide bonds. The van der Waals surface area contributed by atoms with Crippen molar-refractivity contribution in [2.45, 2.75) is 127 Å². The van der Waals surface area contributed by atoms with Gasteiger partial charge in [-0.05, 0) is 160 Å². The number of pyridine rings is 7. The maximum atomic E-state index is 11.4. The van der Waals surface area contributed by atoms with Crippen molar-refractivity contribution in [3.63, 3.8) is 0 Å². The van der Waals surface area contributed by atoms with Crippen LogP contribution in [0.4, 0.5) is 0 Å². The Morgan fingerprint density at radius 3 is 1.56 bits per heavy atom. The molecule has 5 unspecified atom stereocenters. The smallest absolute Gasteiger partial charge is 0.246 e. The molecule has 0 bridgehead atoms. The molecule has 5 atom stereocenters. The molecule has 7 aromatic rings. The molecule has 1 fully saturated rings. The van der Waals surface area contributed by atoms with Crippen molar-refractivity contribution in [3.05, 3.63) is 259 Å². The quantitative estimate of drug-likeness (QED) is 0.127. The average molecular weight is 1220 g/mol. The van der Waals surface area contributed by atoms with Crippen molar-refractivity contribution in [2.24, 2.45) is 9.98 Å². The number of nitrogens with one attached hydrogen (secondary N) is 3. The van der Waals surface area contributed by atoms with Crippen molar-refractivity contribution >= 4 is 29.1 Å². The van der Waals surface area contributed by atoms with Crippen LogP contribution in [-0.2, 0) is 14.4 Å². The topological polar surface area (TPSA) is 209 Å². The predicted octanol–water partition coefficient (Wildman–Crippen LogP) is 12.7. The highest BCUT2D eigenvalue weighted by Gasteiger charge is 2.24. The van der Waals surface area contributed by atoms with Crippen molar-refractivity contribution < 1.29 is 14.4 Å². The van der Waals surface area contributed by atoms with Gasteiger partial charge in [-0.1, -0.05) is 98.2 Å². The van der Waals surface area contributed by atoms with E-state index >= 15 is 0 Å². The van der Waals surface area contributed by atoms with Gasteiger partial charge in [-0.25, -0.2) is 4.99 Å². The number of nitrogens with zero attached hydrogens (tertiary/aromatic N) is 11. The molecule has 1 saturated heterocycles. The molecule has 0 aliphatic carbocycles. The minimum atomic E-state index is -0.0196. The molecule has 17 nitrogen and oxygen atoms in total. The number of hydrogen-bond donors (Lipinski definition) is 3. The van der Waals surface area contributed by atoms with E-state index in [-0.39, 0.29) is 29.8 Å². The third-order valence-corrected chi connectivity index (χ3v) is 16.2. The second-order valence-corrected chi connectivity index (χ2v) is 22.7. The summed E-state index contributed by atoms with van der Waals surface area (Å²) in [5, 5.41) is 10.5. The highest BCUT2D eigenvalue weighted by atomic mass is 16.2. The highest BCUT2D eigenvalue weighted by molar-refractivity contribution is 6.11. The minimum Gasteiger partial charge on any atom is -0.335 e. The molecule has 91 heavy (non-hydrogen) atoms. The normalized spacial score (nSPS) is 20.9. The highest BCUT2D eigenvalue weighted by Crippen LogP contribution is 2.27. The van der Waals surface area contributed by atoms with Gasteiger partial charge in [0.1, 0.15) is 0 Å². The molecule has 3 N–H and O–H groups in total. The van der Waals surface area contributed by atoms with E-state index < -0.39 is 0 Å². The summed E-state index contributed by atoms with van der Waals surface area (Å²) in [6, 6.07) is 29.7. The summed E-state index contributed by atoms with van der Waals surface area (Å²) in [5.74, 6) is 0.0906. The van der Waals surface area contributed by atoms with Gasteiger partial charge in [0.2, 0.25) is 17.7 Å². The molecule has 7 aliphatic heterocycles. The first-order valence-electron chi connectivity index (χ1n) is 32.1. The van der Waals surface area contributed by atoms with E-state index in [4.69, 9.17) is 0 Å². The summed E-state index contributed by atoms with van der Waals surface area (Å²) in [6.07, 6.45) is 58.4. The lowest BCUT2D eigenvalue weighted by atomic mass is 10.0. The van der Waals surface area contributed by atoms with E-state index in [0.717, 1.165) is 87.1 Å². The van der Waals surface area contributed by atoms with E-state index in [2.05, 4.69) is 109 Å². The zero-order valence-corrected chi connectivity index (χ0v) is 52.8. The van der Waals surface area contributed by atoms with Crippen molar-refractivity contribution in [1.29, 1.82) is 0 Å². The maximum Gasteiger partial charge on any atom is 0.246 e. The summed E-state index contributed by atoms with van der Waals surface area (Å²) < 4.78 is 0. The number of likely N-dealkylation sites (N-methyl/N-ethyl adjacent to an activating group) is 2. The van der Waals surface area contributed by atoms with Crippen molar-refractivity contribution in [3.8, 4) is 0 Å². The molecule has 7 aromatic heterocycles. The van der Waals surface area contributed by atoms with Gasteiger partial charge in [0.15, 0.2) is 0 Å². The fraction of sp³-hybridized carbons (Fsp3) is 0.351. The van der Waals surface area contributed by atoms with Crippen LogP contribution >= 0.6 is 0 Å². The van der Waals surface area contributed by atoms with Crippen LogP contribution in [0.3, 0.4) is 0 Å². The SMILES string of the molecule is C1=CCC(c2cccnc2)NCC1.C1=CCNC(c2cccnc2)CC1.CN1C(=O)C=CC1c1cccnc1.CN1C(=O)C=CCC1c1cccnc1.O=C1CCC(c2cccnc2)=N1.c1cncc(C2=NCCCCC2)c1.c1cncc(C2CCCCCN2)c1. The number of amides is 3. The molecule has 14 heterocycles. The number of rotatable bonds is 7. The van der Waals surface area contributed by atoms with E-state index in [9.17, 15) is 14.4 Å². The Morgan fingerprint density at radius 2 is 0.978 bits per heavy atom. The second-order valence-electron chi connectivity index (χ2n) is 22.7. The maximum absolute atomic E-state index is 11.4. The van der Waals surface area contributed by atoms with Crippen LogP contribution in [0, 0.1) is 0 Å². The summed E-state index contributed by atoms with van der Waals surface area (Å²) in [5.41, 5.74) is 10.3. The van der Waals surface area contributed by atoms with Crippen molar-refractivity contribution in [2.75, 3.05) is 40.3 Å². The first-order chi connectivity index (χ1) is 44.8. The Bertz CT molecular complexity index is 3360. The van der Waals surface area contributed by atoms with Crippen LogP contribution in [0.15, 0.2) is 230 Å². The third kappa shape index (κ3) is 23.3. The fourth-order valence-corrected chi connectivity index (χ4v) is 11.1. The van der Waals surface area contributed by atoms with E-state index in [1.807, 2.05) is 129 Å². The lowest BCUT2D eigenvalue weighted by Gasteiger charge is -2.29. The number of allylic oxidation sites excluding steroid dienone is 1. The van der Waals surface area contributed by atoms with Gasteiger partial charge in [0, 0.05) is 161 Å². The molecule has 7 aliphatic rings. The summed E-state index contributed by atoms with van der Waals surface area (Å²) in [4.78, 5) is 73.8. The van der Waals surface area contributed by atoms with Crippen LogP contribution < -0.4 is 16.0 Å². The lowest BCUT2D eigenvalue weighted by molar-refractivity contribution is -0.127. The molecule has 0 spiro atoms. The third-order valence-electron chi connectivity index (χ3n) is 16.2. The Morgan fingerprint density at radius 1 is 0.429 bits per heavy atom. The van der Waals surface area contributed by atoms with Crippen molar-refractivity contribution in [1.82, 2.24) is 60.6 Å². The van der Waals surface area contributed by atoms with Crippen LogP contribution in [0.2, 0.25) is 0 Å². The molecule has 17 heteroatoms. The van der Waals surface area contributed by atoms with Gasteiger partial charge in [-0.2, -0.15) is 0 Å². The van der Waals surface area contributed by atoms with Crippen LogP contribution in [0.25, 0.3) is 0 Å². The van der Waals surface area contributed by atoms with Gasteiger partial charge in [0.05, 0.1) is 17.8 Å². The predicted molar refractivity (Wildman–Crippen MR) is 362 cm³/mol.